The van der Waals surface area contributed by atoms with E-state index in [1.807, 2.05) is 18.2 Å². The lowest BCUT2D eigenvalue weighted by molar-refractivity contribution is 0.414. The van der Waals surface area contributed by atoms with Gasteiger partial charge in [0.2, 0.25) is 0 Å². The van der Waals surface area contributed by atoms with Crippen molar-refractivity contribution in [2.75, 3.05) is 20.2 Å². The molecule has 0 unspecified atom stereocenters. The van der Waals surface area contributed by atoms with Gasteiger partial charge >= 0.3 is 0 Å². The van der Waals surface area contributed by atoms with Crippen LogP contribution in [0.4, 0.5) is 0 Å². The highest BCUT2D eigenvalue weighted by atomic mass is 35.5. The van der Waals surface area contributed by atoms with Crippen LogP contribution in [-0.4, -0.2) is 20.2 Å². The average Bonchev–Trinajstić information content (AvgIpc) is 2.52. The van der Waals surface area contributed by atoms with Crippen molar-refractivity contribution in [1.82, 2.24) is 5.32 Å². The number of benzene rings is 2. The Morgan fingerprint density at radius 2 is 1.71 bits per heavy atom. The van der Waals surface area contributed by atoms with Gasteiger partial charge in [0.15, 0.2) is 0 Å². The highest BCUT2D eigenvalue weighted by Gasteiger charge is 1.93. The fourth-order valence-corrected chi connectivity index (χ4v) is 1.97. The first-order valence-electron chi connectivity index (χ1n) is 6.94. The van der Waals surface area contributed by atoms with Crippen molar-refractivity contribution in [3.05, 3.63) is 71.8 Å². The van der Waals surface area contributed by atoms with Crippen LogP contribution in [0.5, 0.6) is 5.75 Å². The van der Waals surface area contributed by atoms with Gasteiger partial charge in [-0.25, -0.2) is 0 Å². The van der Waals surface area contributed by atoms with Crippen molar-refractivity contribution in [3.63, 3.8) is 0 Å². The highest BCUT2D eigenvalue weighted by molar-refractivity contribution is 5.85. The fourth-order valence-electron chi connectivity index (χ4n) is 1.97. The van der Waals surface area contributed by atoms with Gasteiger partial charge in [-0.05, 0) is 36.2 Å². The maximum atomic E-state index is 5.14. The van der Waals surface area contributed by atoms with Crippen LogP contribution in [0, 0.1) is 0 Å². The number of halogens is 1. The number of methoxy groups -OCH3 is 1. The van der Waals surface area contributed by atoms with E-state index in [1.54, 1.807) is 7.11 Å². The third kappa shape index (κ3) is 6.48. The smallest absolute Gasteiger partial charge is 0.118 e. The number of ether oxygens (including phenoxy) is 1. The van der Waals surface area contributed by atoms with Crippen molar-refractivity contribution >= 4 is 18.5 Å². The summed E-state index contributed by atoms with van der Waals surface area (Å²) in [5.41, 5.74) is 2.56. The Bertz CT molecular complexity index is 523. The van der Waals surface area contributed by atoms with Gasteiger partial charge in [0.1, 0.15) is 5.75 Å². The molecule has 2 nitrogen and oxygen atoms in total. The zero-order valence-electron chi connectivity index (χ0n) is 12.3. The molecule has 0 aliphatic rings. The molecule has 112 valence electrons. The fraction of sp³-hybridized carbons (Fsp3) is 0.222. The Kier molecular flexibility index (Phi) is 8.25. The van der Waals surface area contributed by atoms with E-state index in [9.17, 15) is 0 Å². The molecule has 0 saturated heterocycles. The zero-order valence-corrected chi connectivity index (χ0v) is 13.1. The Labute approximate surface area is 133 Å². The van der Waals surface area contributed by atoms with Gasteiger partial charge in [-0.15, -0.1) is 12.4 Å². The zero-order chi connectivity index (χ0) is 14.0. The average molecular weight is 304 g/mol. The Balaban J connectivity index is 0.00000220. The molecule has 3 heteroatoms. The minimum absolute atomic E-state index is 0. The molecule has 0 spiro atoms. The molecule has 0 atom stereocenters. The lowest BCUT2D eigenvalue weighted by atomic mass is 10.1. The van der Waals surface area contributed by atoms with Crippen LogP contribution >= 0.6 is 12.4 Å². The van der Waals surface area contributed by atoms with Crippen molar-refractivity contribution in [2.45, 2.75) is 6.42 Å². The maximum absolute atomic E-state index is 5.14. The molecule has 0 aromatic heterocycles. The van der Waals surface area contributed by atoms with Crippen molar-refractivity contribution in [2.24, 2.45) is 0 Å². The summed E-state index contributed by atoms with van der Waals surface area (Å²) in [6, 6.07) is 18.6. The molecular weight excluding hydrogens is 282 g/mol. The summed E-state index contributed by atoms with van der Waals surface area (Å²) < 4.78 is 5.14. The summed E-state index contributed by atoms with van der Waals surface area (Å²) in [6.45, 7) is 1.87. The van der Waals surface area contributed by atoms with Crippen LogP contribution in [-0.2, 0) is 6.42 Å². The van der Waals surface area contributed by atoms with Gasteiger partial charge in [0.25, 0.3) is 0 Å². The van der Waals surface area contributed by atoms with E-state index in [0.717, 1.165) is 25.3 Å². The molecular formula is C18H22ClNO. The van der Waals surface area contributed by atoms with Crippen LogP contribution in [0.2, 0.25) is 0 Å². The molecule has 2 aromatic rings. The van der Waals surface area contributed by atoms with Gasteiger partial charge in [-0.3, -0.25) is 0 Å². The first-order chi connectivity index (χ1) is 9.88. The molecule has 0 bridgehead atoms. The largest absolute Gasteiger partial charge is 0.497 e. The second-order valence-electron chi connectivity index (χ2n) is 4.62. The third-order valence-corrected chi connectivity index (χ3v) is 3.12. The topological polar surface area (TPSA) is 21.3 Å². The Hall–Kier alpha value is -1.77. The molecule has 2 aromatic carbocycles. The van der Waals surface area contributed by atoms with Crippen LogP contribution < -0.4 is 10.1 Å². The van der Waals surface area contributed by atoms with Crippen molar-refractivity contribution in [3.8, 4) is 5.75 Å². The molecule has 21 heavy (non-hydrogen) atoms. The van der Waals surface area contributed by atoms with Gasteiger partial charge in [-0.1, -0.05) is 54.6 Å². The summed E-state index contributed by atoms with van der Waals surface area (Å²) >= 11 is 0. The molecule has 0 amide bonds. The normalized spacial score (nSPS) is 10.3. The SMILES string of the molecule is COc1ccc(CCNCC=Cc2ccccc2)cc1.Cl. The summed E-state index contributed by atoms with van der Waals surface area (Å²) in [6.07, 6.45) is 5.33. The Morgan fingerprint density at radius 3 is 2.38 bits per heavy atom. The number of hydrogen-bond donors (Lipinski definition) is 1. The predicted octanol–water partition coefficient (Wildman–Crippen LogP) is 3.96. The minimum Gasteiger partial charge on any atom is -0.497 e. The van der Waals surface area contributed by atoms with Crippen molar-refractivity contribution < 1.29 is 4.74 Å². The minimum atomic E-state index is 0. The molecule has 0 radical (unpaired) electrons. The van der Waals surface area contributed by atoms with Gasteiger partial charge in [-0.2, -0.15) is 0 Å². The highest BCUT2D eigenvalue weighted by Crippen LogP contribution is 2.11. The van der Waals surface area contributed by atoms with Crippen LogP contribution in [0.1, 0.15) is 11.1 Å². The summed E-state index contributed by atoms with van der Waals surface area (Å²) in [7, 11) is 1.69. The van der Waals surface area contributed by atoms with Crippen molar-refractivity contribution in [1.29, 1.82) is 0 Å². The molecule has 0 heterocycles. The standard InChI is InChI=1S/C18H21NO.ClH/c1-20-18-11-9-17(10-12-18)13-15-19-14-5-8-16-6-3-2-4-7-16;/h2-12,19H,13-15H2,1H3;1H. The maximum Gasteiger partial charge on any atom is 0.118 e. The first-order valence-corrected chi connectivity index (χ1v) is 6.94. The van der Waals surface area contributed by atoms with Gasteiger partial charge in [0.05, 0.1) is 7.11 Å². The lowest BCUT2D eigenvalue weighted by Crippen LogP contribution is -2.16. The first kappa shape index (κ1) is 17.3. The van der Waals surface area contributed by atoms with E-state index in [-0.39, 0.29) is 12.4 Å². The van der Waals surface area contributed by atoms with E-state index in [2.05, 4.69) is 53.9 Å². The molecule has 2 rings (SSSR count). The predicted molar refractivity (Wildman–Crippen MR) is 92.3 cm³/mol. The van der Waals surface area contributed by atoms with Crippen LogP contribution in [0.25, 0.3) is 6.08 Å². The third-order valence-electron chi connectivity index (χ3n) is 3.12. The number of nitrogens with one attached hydrogen (secondary N) is 1. The van der Waals surface area contributed by atoms with Crippen LogP contribution in [0.15, 0.2) is 60.7 Å². The lowest BCUT2D eigenvalue weighted by Gasteiger charge is -2.04. The van der Waals surface area contributed by atoms with E-state index in [0.29, 0.717) is 0 Å². The molecule has 0 fully saturated rings. The molecule has 0 aliphatic heterocycles. The molecule has 0 saturated carbocycles. The number of hydrogen-bond acceptors (Lipinski definition) is 2. The summed E-state index contributed by atoms with van der Waals surface area (Å²) in [4.78, 5) is 0. The van der Waals surface area contributed by atoms with Gasteiger partial charge < -0.3 is 10.1 Å². The second kappa shape index (κ2) is 10.0. The quantitative estimate of drug-likeness (QED) is 0.782. The second-order valence-corrected chi connectivity index (χ2v) is 4.62. The van der Waals surface area contributed by atoms with E-state index in [4.69, 9.17) is 4.74 Å². The van der Waals surface area contributed by atoms with E-state index >= 15 is 0 Å². The van der Waals surface area contributed by atoms with Gasteiger partial charge in [0, 0.05) is 6.54 Å². The Morgan fingerprint density at radius 1 is 1.00 bits per heavy atom. The summed E-state index contributed by atoms with van der Waals surface area (Å²) in [5.74, 6) is 0.910. The summed E-state index contributed by atoms with van der Waals surface area (Å²) in [5, 5.41) is 3.41. The van der Waals surface area contributed by atoms with Crippen LogP contribution in [0.3, 0.4) is 0 Å². The molecule has 1 N–H and O–H groups in total. The monoisotopic (exact) mass is 303 g/mol. The van der Waals surface area contributed by atoms with E-state index < -0.39 is 0 Å². The van der Waals surface area contributed by atoms with E-state index in [1.165, 1.54) is 11.1 Å². The number of rotatable bonds is 7. The molecule has 0 aliphatic carbocycles.